The molecule has 1 aromatic carbocycles. The minimum absolute atomic E-state index is 0.0439. The molecule has 0 radical (unpaired) electrons. The Morgan fingerprint density at radius 1 is 1.38 bits per heavy atom. The van der Waals surface area contributed by atoms with Gasteiger partial charge in [0.1, 0.15) is 12.6 Å². The normalized spacial score (nSPS) is 29.2. The molecule has 26 heavy (non-hydrogen) atoms. The second-order valence-electron chi connectivity index (χ2n) is 8.32. The Morgan fingerprint density at radius 3 is 2.85 bits per heavy atom. The van der Waals surface area contributed by atoms with Crippen molar-refractivity contribution < 1.29 is 9.53 Å². The molecule has 138 valence electrons. The maximum atomic E-state index is 12.6. The molecule has 5 rings (SSSR count). The third kappa shape index (κ3) is 2.79. The van der Waals surface area contributed by atoms with Crippen LogP contribution in [0.4, 0.5) is 0 Å². The summed E-state index contributed by atoms with van der Waals surface area (Å²) in [5.41, 5.74) is 0.745. The van der Waals surface area contributed by atoms with Crippen molar-refractivity contribution in [3.63, 3.8) is 0 Å². The summed E-state index contributed by atoms with van der Waals surface area (Å²) in [6.45, 7) is 6.72. The standard InChI is InChI=1S/C20H23BrN2O3/c1-11-15-6-12(20(15,2)3)7-17(11)26-18(24)9-23-10-22-16-5-4-13(21)8-14(16)19(23)25/h4-5,8,10-12,15,17H,6-7,9H2,1-3H3. The number of carbonyl (C=O) groups is 1. The summed E-state index contributed by atoms with van der Waals surface area (Å²) in [6.07, 6.45) is 3.54. The van der Waals surface area contributed by atoms with Crippen LogP contribution in [0.3, 0.4) is 0 Å². The van der Waals surface area contributed by atoms with E-state index in [-0.39, 0.29) is 24.2 Å². The molecule has 1 aromatic heterocycles. The number of fused-ring (bicyclic) bond motifs is 3. The van der Waals surface area contributed by atoms with Gasteiger partial charge in [-0.25, -0.2) is 4.98 Å². The number of carbonyl (C=O) groups excluding carboxylic acids is 1. The fourth-order valence-corrected chi connectivity index (χ4v) is 5.21. The predicted octanol–water partition coefficient (Wildman–Crippen LogP) is 3.77. The minimum Gasteiger partial charge on any atom is -0.461 e. The number of hydrogen-bond acceptors (Lipinski definition) is 4. The molecule has 3 saturated carbocycles. The maximum Gasteiger partial charge on any atom is 0.326 e. The zero-order chi connectivity index (χ0) is 18.6. The van der Waals surface area contributed by atoms with Gasteiger partial charge in [-0.3, -0.25) is 14.2 Å². The molecular weight excluding hydrogens is 396 g/mol. The Labute approximate surface area is 160 Å². The predicted molar refractivity (Wildman–Crippen MR) is 103 cm³/mol. The number of ether oxygens (including phenoxy) is 1. The van der Waals surface area contributed by atoms with Gasteiger partial charge in [-0.1, -0.05) is 36.7 Å². The van der Waals surface area contributed by atoms with Crippen LogP contribution in [0, 0.1) is 23.2 Å². The second kappa shape index (κ2) is 6.19. The summed E-state index contributed by atoms with van der Waals surface area (Å²) >= 11 is 3.37. The van der Waals surface area contributed by atoms with Crippen LogP contribution >= 0.6 is 15.9 Å². The number of esters is 1. The fourth-order valence-electron chi connectivity index (χ4n) is 4.85. The highest BCUT2D eigenvalue weighted by molar-refractivity contribution is 9.10. The SMILES string of the molecule is CC1C(OC(=O)Cn2cnc3ccc(Br)cc3c2=O)CC2CC1C2(C)C. The van der Waals surface area contributed by atoms with Crippen molar-refractivity contribution >= 4 is 32.8 Å². The molecule has 0 aliphatic heterocycles. The Balaban J connectivity index is 1.48. The molecule has 6 heteroatoms. The average molecular weight is 419 g/mol. The monoisotopic (exact) mass is 418 g/mol. The number of aromatic nitrogens is 2. The summed E-state index contributed by atoms with van der Waals surface area (Å²) in [4.78, 5) is 29.3. The molecular formula is C20H23BrN2O3. The summed E-state index contributed by atoms with van der Waals surface area (Å²) in [5, 5.41) is 0.490. The third-order valence-electron chi connectivity index (χ3n) is 6.65. The Hall–Kier alpha value is -1.69. The van der Waals surface area contributed by atoms with Crippen LogP contribution in [0.1, 0.15) is 33.6 Å². The molecule has 3 fully saturated rings. The molecule has 3 aliphatic carbocycles. The van der Waals surface area contributed by atoms with Crippen molar-refractivity contribution in [3.8, 4) is 0 Å². The number of hydrogen-bond donors (Lipinski definition) is 0. The maximum absolute atomic E-state index is 12.6. The van der Waals surface area contributed by atoms with E-state index in [9.17, 15) is 9.59 Å². The van der Waals surface area contributed by atoms with E-state index in [0.29, 0.717) is 34.1 Å². The van der Waals surface area contributed by atoms with Gasteiger partial charge in [0.25, 0.3) is 5.56 Å². The Morgan fingerprint density at radius 2 is 2.15 bits per heavy atom. The summed E-state index contributed by atoms with van der Waals surface area (Å²) in [7, 11) is 0. The first kappa shape index (κ1) is 17.7. The van der Waals surface area contributed by atoms with Gasteiger partial charge in [-0.15, -0.1) is 0 Å². The van der Waals surface area contributed by atoms with E-state index in [1.807, 2.05) is 6.07 Å². The van der Waals surface area contributed by atoms with Crippen molar-refractivity contribution in [3.05, 3.63) is 39.4 Å². The molecule has 3 aliphatic rings. The molecule has 4 atom stereocenters. The number of nitrogens with zero attached hydrogens (tertiary/aromatic N) is 2. The van der Waals surface area contributed by atoms with E-state index in [4.69, 9.17) is 4.74 Å². The van der Waals surface area contributed by atoms with E-state index < -0.39 is 0 Å². The Kier molecular flexibility index (Phi) is 4.21. The van der Waals surface area contributed by atoms with Crippen molar-refractivity contribution in [2.45, 2.75) is 46.3 Å². The number of halogens is 1. The van der Waals surface area contributed by atoms with Crippen LogP contribution in [-0.4, -0.2) is 21.6 Å². The van der Waals surface area contributed by atoms with Crippen molar-refractivity contribution in [1.82, 2.24) is 9.55 Å². The van der Waals surface area contributed by atoms with Gasteiger partial charge in [0.2, 0.25) is 0 Å². The lowest BCUT2D eigenvalue weighted by Crippen LogP contribution is -2.57. The van der Waals surface area contributed by atoms with Crippen LogP contribution in [0.25, 0.3) is 10.9 Å². The van der Waals surface area contributed by atoms with Crippen LogP contribution in [0.15, 0.2) is 33.8 Å². The summed E-state index contributed by atoms with van der Waals surface area (Å²) < 4.78 is 7.89. The van der Waals surface area contributed by atoms with Gasteiger partial charge in [0, 0.05) is 4.47 Å². The van der Waals surface area contributed by atoms with E-state index in [1.165, 1.54) is 17.3 Å². The van der Waals surface area contributed by atoms with Crippen molar-refractivity contribution in [1.29, 1.82) is 0 Å². The first-order chi connectivity index (χ1) is 12.3. The Bertz CT molecular complexity index is 936. The van der Waals surface area contributed by atoms with E-state index in [0.717, 1.165) is 10.9 Å². The van der Waals surface area contributed by atoms with E-state index in [1.54, 1.807) is 12.1 Å². The zero-order valence-corrected chi connectivity index (χ0v) is 16.8. The second-order valence-corrected chi connectivity index (χ2v) is 9.24. The quantitative estimate of drug-likeness (QED) is 0.711. The van der Waals surface area contributed by atoms with Crippen LogP contribution in [0.5, 0.6) is 0 Å². The highest BCUT2D eigenvalue weighted by Gasteiger charge is 2.57. The molecule has 2 bridgehead atoms. The van der Waals surface area contributed by atoms with Gasteiger partial charge in [-0.05, 0) is 54.2 Å². The zero-order valence-electron chi connectivity index (χ0n) is 15.2. The molecule has 0 saturated heterocycles. The van der Waals surface area contributed by atoms with Crippen LogP contribution in [0.2, 0.25) is 0 Å². The summed E-state index contributed by atoms with van der Waals surface area (Å²) in [6, 6.07) is 5.34. The number of benzene rings is 1. The molecule has 0 N–H and O–H groups in total. The first-order valence-corrected chi connectivity index (χ1v) is 9.91. The van der Waals surface area contributed by atoms with Gasteiger partial charge < -0.3 is 4.74 Å². The molecule has 0 amide bonds. The third-order valence-corrected chi connectivity index (χ3v) is 7.15. The van der Waals surface area contributed by atoms with E-state index in [2.05, 4.69) is 41.7 Å². The molecule has 0 spiro atoms. The van der Waals surface area contributed by atoms with Crippen LogP contribution < -0.4 is 5.56 Å². The highest BCUT2D eigenvalue weighted by atomic mass is 79.9. The lowest BCUT2D eigenvalue weighted by Gasteiger charge is -2.61. The molecule has 2 aromatic rings. The van der Waals surface area contributed by atoms with Crippen LogP contribution in [-0.2, 0) is 16.1 Å². The van der Waals surface area contributed by atoms with Gasteiger partial charge in [-0.2, -0.15) is 0 Å². The van der Waals surface area contributed by atoms with Gasteiger partial charge >= 0.3 is 5.97 Å². The lowest BCUT2D eigenvalue weighted by molar-refractivity contribution is -0.186. The molecule has 5 nitrogen and oxygen atoms in total. The smallest absolute Gasteiger partial charge is 0.326 e. The topological polar surface area (TPSA) is 61.2 Å². The highest BCUT2D eigenvalue weighted by Crippen LogP contribution is 2.61. The van der Waals surface area contributed by atoms with Crippen molar-refractivity contribution in [2.24, 2.45) is 23.2 Å². The largest absolute Gasteiger partial charge is 0.461 e. The van der Waals surface area contributed by atoms with Gasteiger partial charge in [0.15, 0.2) is 0 Å². The fraction of sp³-hybridized carbons (Fsp3) is 0.550. The average Bonchev–Trinajstić information content (AvgIpc) is 2.59. The minimum atomic E-state index is -0.362. The lowest BCUT2D eigenvalue weighted by atomic mass is 9.45. The van der Waals surface area contributed by atoms with E-state index >= 15 is 0 Å². The number of rotatable bonds is 3. The van der Waals surface area contributed by atoms with Crippen molar-refractivity contribution in [2.75, 3.05) is 0 Å². The van der Waals surface area contributed by atoms with Gasteiger partial charge in [0.05, 0.1) is 17.2 Å². The molecule has 4 unspecified atom stereocenters. The first-order valence-electron chi connectivity index (χ1n) is 9.11. The molecule has 1 heterocycles. The summed E-state index contributed by atoms with van der Waals surface area (Å²) in [5.74, 6) is 1.24.